The molecule has 0 spiro atoms. The van der Waals surface area contributed by atoms with Gasteiger partial charge in [0, 0.05) is 6.04 Å². The van der Waals surface area contributed by atoms with Gasteiger partial charge in [-0.25, -0.2) is 0 Å². The molecule has 0 bridgehead atoms. The lowest BCUT2D eigenvalue weighted by Gasteiger charge is -2.10. The van der Waals surface area contributed by atoms with Gasteiger partial charge in [-0.05, 0) is 19.3 Å². The standard InChI is InChI=1S/C7H14NO/c1-6(2)4-7(3)8-5-9-8/h5-7H,4H2,1-3H3. The third-order valence-corrected chi connectivity index (χ3v) is 1.47. The Morgan fingerprint density at radius 1 is 1.44 bits per heavy atom. The van der Waals surface area contributed by atoms with Crippen LogP contribution in [0.15, 0.2) is 0 Å². The lowest BCUT2D eigenvalue weighted by molar-refractivity contribution is 0.141. The van der Waals surface area contributed by atoms with Crippen LogP contribution in [0.5, 0.6) is 0 Å². The predicted molar refractivity (Wildman–Crippen MR) is 36.1 cm³/mol. The SMILES string of the molecule is CC(C)CC(C)N1[CH]O1. The largest absolute Gasteiger partial charge is 0.270 e. The molecule has 0 N–H and O–H groups in total. The van der Waals surface area contributed by atoms with Gasteiger partial charge in [0.05, 0.1) is 0 Å². The maximum Gasteiger partial charge on any atom is 0.198 e. The fourth-order valence-electron chi connectivity index (χ4n) is 1.02. The topological polar surface area (TPSA) is 15.5 Å². The van der Waals surface area contributed by atoms with Gasteiger partial charge in [0.25, 0.3) is 0 Å². The molecule has 2 nitrogen and oxygen atoms in total. The van der Waals surface area contributed by atoms with E-state index < -0.39 is 0 Å². The molecule has 1 radical (unpaired) electrons. The number of rotatable bonds is 3. The van der Waals surface area contributed by atoms with Crippen LogP contribution in [-0.4, -0.2) is 11.1 Å². The molecule has 0 saturated carbocycles. The summed E-state index contributed by atoms with van der Waals surface area (Å²) in [7, 11) is 0. The molecule has 1 saturated heterocycles. The Labute approximate surface area is 56.8 Å². The number of hydroxylamine groups is 2. The van der Waals surface area contributed by atoms with Gasteiger partial charge in [-0.2, -0.15) is 0 Å². The van der Waals surface area contributed by atoms with E-state index in [0.717, 1.165) is 5.92 Å². The Kier molecular flexibility index (Phi) is 2.09. The Morgan fingerprint density at radius 3 is 2.33 bits per heavy atom. The zero-order valence-electron chi connectivity index (χ0n) is 6.29. The first-order valence-electron chi connectivity index (χ1n) is 3.48. The van der Waals surface area contributed by atoms with Crippen LogP contribution in [0.25, 0.3) is 0 Å². The first-order chi connectivity index (χ1) is 4.20. The Balaban J connectivity index is 2.10. The van der Waals surface area contributed by atoms with Crippen LogP contribution in [0.2, 0.25) is 0 Å². The molecule has 2 unspecified atom stereocenters. The van der Waals surface area contributed by atoms with Crippen LogP contribution in [0.1, 0.15) is 27.2 Å². The quantitative estimate of drug-likeness (QED) is 0.538. The van der Waals surface area contributed by atoms with Crippen molar-refractivity contribution in [2.24, 2.45) is 5.92 Å². The van der Waals surface area contributed by atoms with E-state index in [1.54, 1.807) is 6.73 Å². The molecule has 1 rings (SSSR count). The fraction of sp³-hybridized carbons (Fsp3) is 0.857. The highest BCUT2D eigenvalue weighted by molar-refractivity contribution is 4.70. The van der Waals surface area contributed by atoms with E-state index in [9.17, 15) is 0 Å². The minimum absolute atomic E-state index is 0.560. The molecule has 0 aliphatic carbocycles. The van der Waals surface area contributed by atoms with Gasteiger partial charge >= 0.3 is 0 Å². The Bertz CT molecular complexity index is 88.9. The predicted octanol–water partition coefficient (Wildman–Crippen LogP) is 1.79. The van der Waals surface area contributed by atoms with Crippen LogP contribution in [-0.2, 0) is 4.84 Å². The van der Waals surface area contributed by atoms with E-state index in [4.69, 9.17) is 4.84 Å². The maximum atomic E-state index is 4.88. The van der Waals surface area contributed by atoms with Crippen molar-refractivity contribution in [1.29, 1.82) is 0 Å². The lowest BCUT2D eigenvalue weighted by atomic mass is 10.1. The molecule has 1 fully saturated rings. The summed E-state index contributed by atoms with van der Waals surface area (Å²) in [5, 5.41) is 1.89. The van der Waals surface area contributed by atoms with Crippen molar-refractivity contribution in [3.63, 3.8) is 0 Å². The lowest BCUT2D eigenvalue weighted by Crippen LogP contribution is -2.14. The minimum atomic E-state index is 0.560. The van der Waals surface area contributed by atoms with Crippen molar-refractivity contribution < 1.29 is 4.84 Å². The van der Waals surface area contributed by atoms with Crippen molar-refractivity contribution in [3.8, 4) is 0 Å². The first-order valence-corrected chi connectivity index (χ1v) is 3.48. The van der Waals surface area contributed by atoms with Crippen molar-refractivity contribution in [2.45, 2.75) is 33.2 Å². The van der Waals surface area contributed by atoms with Gasteiger partial charge in [0.2, 0.25) is 0 Å². The van der Waals surface area contributed by atoms with Gasteiger partial charge in [-0.15, -0.1) is 5.06 Å². The smallest absolute Gasteiger partial charge is 0.198 e. The number of nitrogens with zero attached hydrogens (tertiary/aromatic N) is 1. The van der Waals surface area contributed by atoms with Crippen LogP contribution >= 0.6 is 0 Å². The van der Waals surface area contributed by atoms with Gasteiger partial charge in [0.15, 0.2) is 6.73 Å². The molecule has 0 amide bonds. The second-order valence-electron chi connectivity index (χ2n) is 3.05. The molecule has 1 aliphatic rings. The van der Waals surface area contributed by atoms with Gasteiger partial charge in [-0.1, -0.05) is 13.8 Å². The van der Waals surface area contributed by atoms with Crippen LogP contribution < -0.4 is 0 Å². The molecule has 0 aromatic carbocycles. The summed E-state index contributed by atoms with van der Waals surface area (Å²) < 4.78 is 0. The Hall–Kier alpha value is -0.0800. The second-order valence-corrected chi connectivity index (χ2v) is 3.05. The number of hydrogen-bond acceptors (Lipinski definition) is 2. The molecule has 53 valence electrons. The summed E-state index contributed by atoms with van der Waals surface area (Å²) in [6, 6.07) is 0.560. The van der Waals surface area contributed by atoms with Gasteiger partial charge in [0.1, 0.15) is 0 Å². The van der Waals surface area contributed by atoms with E-state index in [1.807, 2.05) is 5.06 Å². The van der Waals surface area contributed by atoms with Crippen LogP contribution in [0, 0.1) is 12.6 Å². The van der Waals surface area contributed by atoms with Gasteiger partial charge < -0.3 is 0 Å². The minimum Gasteiger partial charge on any atom is -0.270 e. The molecule has 9 heavy (non-hydrogen) atoms. The summed E-state index contributed by atoms with van der Waals surface area (Å²) in [6.07, 6.45) is 1.20. The third kappa shape index (κ3) is 2.33. The summed E-state index contributed by atoms with van der Waals surface area (Å²) in [5.41, 5.74) is 0. The van der Waals surface area contributed by atoms with Crippen molar-refractivity contribution in [1.82, 2.24) is 5.06 Å². The third-order valence-electron chi connectivity index (χ3n) is 1.47. The summed E-state index contributed by atoms with van der Waals surface area (Å²) in [4.78, 5) is 4.88. The molecule has 0 aromatic heterocycles. The molecule has 1 aliphatic heterocycles. The number of hydrogen-bond donors (Lipinski definition) is 0. The van der Waals surface area contributed by atoms with Crippen LogP contribution in [0.4, 0.5) is 0 Å². The Morgan fingerprint density at radius 2 is 2.00 bits per heavy atom. The average Bonchev–Trinajstić information content (AvgIpc) is 2.40. The van der Waals surface area contributed by atoms with Crippen molar-refractivity contribution >= 4 is 0 Å². The summed E-state index contributed by atoms with van der Waals surface area (Å²) in [5.74, 6) is 0.762. The summed E-state index contributed by atoms with van der Waals surface area (Å²) >= 11 is 0. The van der Waals surface area contributed by atoms with E-state index in [-0.39, 0.29) is 0 Å². The molecule has 1 heterocycles. The summed E-state index contributed by atoms with van der Waals surface area (Å²) in [6.45, 7) is 8.37. The highest BCUT2D eigenvalue weighted by atomic mass is 16.8. The molecular weight excluding hydrogens is 114 g/mol. The monoisotopic (exact) mass is 128 g/mol. The zero-order chi connectivity index (χ0) is 6.85. The van der Waals surface area contributed by atoms with Gasteiger partial charge in [-0.3, -0.25) is 4.84 Å². The highest BCUT2D eigenvalue weighted by Gasteiger charge is 2.27. The molecular formula is C7H14NO. The molecule has 2 atom stereocenters. The van der Waals surface area contributed by atoms with Crippen LogP contribution in [0.3, 0.4) is 0 Å². The van der Waals surface area contributed by atoms with E-state index in [0.29, 0.717) is 6.04 Å². The van der Waals surface area contributed by atoms with Crippen molar-refractivity contribution in [2.75, 3.05) is 0 Å². The second kappa shape index (κ2) is 2.67. The van der Waals surface area contributed by atoms with E-state index in [1.165, 1.54) is 6.42 Å². The first kappa shape index (κ1) is 7.03. The normalized spacial score (nSPS) is 28.7. The molecule has 0 aromatic rings. The van der Waals surface area contributed by atoms with E-state index in [2.05, 4.69) is 20.8 Å². The van der Waals surface area contributed by atoms with Crippen molar-refractivity contribution in [3.05, 3.63) is 6.73 Å². The highest BCUT2D eigenvalue weighted by Crippen LogP contribution is 2.22. The zero-order valence-corrected chi connectivity index (χ0v) is 6.29. The fourth-order valence-corrected chi connectivity index (χ4v) is 1.02. The maximum absolute atomic E-state index is 4.88. The van der Waals surface area contributed by atoms with E-state index >= 15 is 0 Å². The molecule has 2 heteroatoms. The average molecular weight is 128 g/mol.